The van der Waals surface area contributed by atoms with Crippen LogP contribution in [0.3, 0.4) is 0 Å². The van der Waals surface area contributed by atoms with E-state index in [1.165, 1.54) is 22.6 Å². The van der Waals surface area contributed by atoms with Gasteiger partial charge in [0.15, 0.2) is 5.13 Å². The van der Waals surface area contributed by atoms with E-state index in [-0.39, 0.29) is 5.91 Å². The highest BCUT2D eigenvalue weighted by atomic mass is 32.1. The Morgan fingerprint density at radius 1 is 1.04 bits per heavy atom. The van der Waals surface area contributed by atoms with Gasteiger partial charge in [0.2, 0.25) is 5.91 Å². The molecule has 0 aliphatic carbocycles. The predicted octanol–water partition coefficient (Wildman–Crippen LogP) is 3.88. The summed E-state index contributed by atoms with van der Waals surface area (Å²) in [6.07, 6.45) is 0. The molecule has 0 unspecified atom stereocenters. The zero-order valence-corrected chi connectivity index (χ0v) is 16.8. The first-order valence-electron chi connectivity index (χ1n) is 9.52. The zero-order chi connectivity index (χ0) is 19.3. The molecule has 144 valence electrons. The molecular formula is C22H24N4OS. The Kier molecular flexibility index (Phi) is 5.69. The van der Waals surface area contributed by atoms with Crippen molar-refractivity contribution in [2.45, 2.75) is 6.92 Å². The minimum absolute atomic E-state index is 0.00188. The number of piperazine rings is 1. The third-order valence-electron chi connectivity index (χ3n) is 4.96. The fraction of sp³-hybridized carbons (Fsp3) is 0.273. The van der Waals surface area contributed by atoms with Crippen LogP contribution in [0.5, 0.6) is 0 Å². The number of hydrogen-bond donors (Lipinski definition) is 1. The number of thiazole rings is 1. The lowest BCUT2D eigenvalue weighted by Crippen LogP contribution is -2.48. The molecule has 1 aromatic heterocycles. The molecule has 6 heteroatoms. The molecule has 2 aromatic carbocycles. The Labute approximate surface area is 169 Å². The molecule has 2 heterocycles. The van der Waals surface area contributed by atoms with Crippen LogP contribution in [0.1, 0.15) is 5.56 Å². The topological polar surface area (TPSA) is 48.5 Å². The van der Waals surface area contributed by atoms with Crippen molar-refractivity contribution in [3.05, 3.63) is 65.5 Å². The van der Waals surface area contributed by atoms with Crippen LogP contribution in [0, 0.1) is 6.92 Å². The summed E-state index contributed by atoms with van der Waals surface area (Å²) in [4.78, 5) is 21.5. The molecule has 1 aliphatic heterocycles. The van der Waals surface area contributed by atoms with E-state index >= 15 is 0 Å². The minimum Gasteiger partial charge on any atom is -0.369 e. The van der Waals surface area contributed by atoms with Crippen molar-refractivity contribution >= 4 is 28.1 Å². The first kappa shape index (κ1) is 18.7. The molecule has 0 bridgehead atoms. The van der Waals surface area contributed by atoms with Crippen LogP contribution in [-0.2, 0) is 4.79 Å². The fourth-order valence-electron chi connectivity index (χ4n) is 3.35. The molecule has 1 aliphatic rings. The van der Waals surface area contributed by atoms with Crippen molar-refractivity contribution in [2.24, 2.45) is 0 Å². The minimum atomic E-state index is -0.00188. The van der Waals surface area contributed by atoms with Crippen LogP contribution in [-0.4, -0.2) is 48.5 Å². The Balaban J connectivity index is 1.28. The molecule has 1 fully saturated rings. The van der Waals surface area contributed by atoms with Gasteiger partial charge in [-0.15, -0.1) is 11.3 Å². The highest BCUT2D eigenvalue weighted by molar-refractivity contribution is 7.14. The van der Waals surface area contributed by atoms with E-state index in [1.807, 2.05) is 11.4 Å². The van der Waals surface area contributed by atoms with Crippen LogP contribution in [0.2, 0.25) is 0 Å². The summed E-state index contributed by atoms with van der Waals surface area (Å²) in [5, 5.41) is 5.59. The maximum absolute atomic E-state index is 12.4. The Hall–Kier alpha value is -2.70. The molecule has 1 N–H and O–H groups in total. The smallest absolute Gasteiger partial charge is 0.240 e. The number of aryl methyl sites for hydroxylation is 1. The zero-order valence-electron chi connectivity index (χ0n) is 16.0. The van der Waals surface area contributed by atoms with Crippen LogP contribution in [0.25, 0.3) is 11.3 Å². The van der Waals surface area contributed by atoms with E-state index in [0.717, 1.165) is 37.4 Å². The molecular weight excluding hydrogens is 368 g/mol. The summed E-state index contributed by atoms with van der Waals surface area (Å²) < 4.78 is 0. The lowest BCUT2D eigenvalue weighted by molar-refractivity contribution is -0.117. The Morgan fingerprint density at radius 2 is 1.75 bits per heavy atom. The average molecular weight is 393 g/mol. The quantitative estimate of drug-likeness (QED) is 0.716. The number of para-hydroxylation sites is 1. The number of amides is 1. The van der Waals surface area contributed by atoms with Crippen LogP contribution >= 0.6 is 11.3 Å². The van der Waals surface area contributed by atoms with Gasteiger partial charge in [-0.3, -0.25) is 9.69 Å². The van der Waals surface area contributed by atoms with E-state index in [9.17, 15) is 4.79 Å². The molecule has 3 aromatic rings. The molecule has 5 nitrogen and oxygen atoms in total. The second kappa shape index (κ2) is 8.54. The summed E-state index contributed by atoms with van der Waals surface area (Å²) >= 11 is 1.47. The number of aromatic nitrogens is 1. The molecule has 0 radical (unpaired) electrons. The Bertz CT molecular complexity index is 915. The van der Waals surface area contributed by atoms with Gasteiger partial charge in [0, 0.05) is 42.8 Å². The van der Waals surface area contributed by atoms with E-state index < -0.39 is 0 Å². The van der Waals surface area contributed by atoms with Crippen molar-refractivity contribution in [3.8, 4) is 11.3 Å². The normalized spacial score (nSPS) is 14.8. The highest BCUT2D eigenvalue weighted by Crippen LogP contribution is 2.25. The van der Waals surface area contributed by atoms with Gasteiger partial charge in [-0.1, -0.05) is 48.0 Å². The number of benzene rings is 2. The molecule has 0 atom stereocenters. The van der Waals surface area contributed by atoms with E-state index in [1.54, 1.807) is 0 Å². The van der Waals surface area contributed by atoms with Gasteiger partial charge in [0.05, 0.1) is 12.2 Å². The molecule has 0 spiro atoms. The third kappa shape index (κ3) is 4.58. The van der Waals surface area contributed by atoms with E-state index in [2.05, 4.69) is 75.6 Å². The monoisotopic (exact) mass is 392 g/mol. The molecule has 0 saturated carbocycles. The van der Waals surface area contributed by atoms with E-state index in [0.29, 0.717) is 11.7 Å². The van der Waals surface area contributed by atoms with Crippen LogP contribution < -0.4 is 10.2 Å². The summed E-state index contributed by atoms with van der Waals surface area (Å²) in [7, 11) is 0. The van der Waals surface area contributed by atoms with Crippen molar-refractivity contribution < 1.29 is 4.79 Å². The number of anilines is 2. The van der Waals surface area contributed by atoms with Gasteiger partial charge in [-0.25, -0.2) is 4.98 Å². The summed E-state index contributed by atoms with van der Waals surface area (Å²) in [5.74, 6) is -0.00188. The third-order valence-corrected chi connectivity index (χ3v) is 5.72. The number of hydrogen-bond acceptors (Lipinski definition) is 5. The predicted molar refractivity (Wildman–Crippen MR) is 116 cm³/mol. The summed E-state index contributed by atoms with van der Waals surface area (Å²) in [6, 6.07) is 18.7. The lowest BCUT2D eigenvalue weighted by atomic mass is 10.1. The molecule has 1 saturated heterocycles. The van der Waals surface area contributed by atoms with Gasteiger partial charge in [-0.05, 0) is 19.1 Å². The number of rotatable bonds is 5. The fourth-order valence-corrected chi connectivity index (χ4v) is 4.09. The number of nitrogens with one attached hydrogen (secondary N) is 1. The first-order valence-corrected chi connectivity index (χ1v) is 10.4. The van der Waals surface area contributed by atoms with Gasteiger partial charge in [-0.2, -0.15) is 0 Å². The Morgan fingerprint density at radius 3 is 2.46 bits per heavy atom. The number of carbonyl (C=O) groups is 1. The number of nitrogens with zero attached hydrogens (tertiary/aromatic N) is 3. The van der Waals surface area contributed by atoms with Crippen LogP contribution in [0.15, 0.2) is 60.0 Å². The SMILES string of the molecule is Cc1ccc(-c2csc(NC(=O)CN3CCN(c4ccccc4)CC3)n2)cc1. The van der Waals surface area contributed by atoms with Crippen LogP contribution in [0.4, 0.5) is 10.8 Å². The maximum Gasteiger partial charge on any atom is 0.240 e. The first-order chi connectivity index (χ1) is 13.7. The van der Waals surface area contributed by atoms with Crippen molar-refractivity contribution in [2.75, 3.05) is 42.9 Å². The average Bonchev–Trinajstić information content (AvgIpc) is 3.18. The molecule has 4 rings (SSSR count). The summed E-state index contributed by atoms with van der Waals surface area (Å²) in [5.41, 5.74) is 4.44. The lowest BCUT2D eigenvalue weighted by Gasteiger charge is -2.35. The second-order valence-electron chi connectivity index (χ2n) is 7.05. The van der Waals surface area contributed by atoms with E-state index in [4.69, 9.17) is 0 Å². The standard InChI is InChI=1S/C22H24N4OS/c1-17-7-9-18(10-8-17)20-16-28-22(23-20)24-21(27)15-25-11-13-26(14-12-25)19-5-3-2-4-6-19/h2-10,16H,11-15H2,1H3,(H,23,24,27). The molecule has 28 heavy (non-hydrogen) atoms. The van der Waals surface area contributed by atoms with Gasteiger partial charge < -0.3 is 10.2 Å². The van der Waals surface area contributed by atoms with Gasteiger partial charge >= 0.3 is 0 Å². The second-order valence-corrected chi connectivity index (χ2v) is 7.91. The highest BCUT2D eigenvalue weighted by Gasteiger charge is 2.19. The van der Waals surface area contributed by atoms with Crippen molar-refractivity contribution in [1.29, 1.82) is 0 Å². The van der Waals surface area contributed by atoms with Crippen molar-refractivity contribution in [1.82, 2.24) is 9.88 Å². The maximum atomic E-state index is 12.4. The molecule has 1 amide bonds. The number of carbonyl (C=O) groups excluding carboxylic acids is 1. The van der Waals surface area contributed by atoms with Crippen molar-refractivity contribution in [3.63, 3.8) is 0 Å². The summed E-state index contributed by atoms with van der Waals surface area (Å²) in [6.45, 7) is 6.11. The van der Waals surface area contributed by atoms with Gasteiger partial charge in [0.1, 0.15) is 0 Å². The van der Waals surface area contributed by atoms with Gasteiger partial charge in [0.25, 0.3) is 0 Å². The largest absolute Gasteiger partial charge is 0.369 e.